The van der Waals surface area contributed by atoms with Gasteiger partial charge in [-0.15, -0.1) is 0 Å². The van der Waals surface area contributed by atoms with Gasteiger partial charge in [-0.3, -0.25) is 0 Å². The van der Waals surface area contributed by atoms with Gasteiger partial charge in [-0.1, -0.05) is 0 Å². The number of aromatic carboxylic acids is 1. The third kappa shape index (κ3) is 2.51. The molecule has 0 bridgehead atoms. The normalized spacial score (nSPS) is 9.94. The van der Waals surface area contributed by atoms with E-state index in [9.17, 15) is 9.18 Å². The van der Waals surface area contributed by atoms with Crippen molar-refractivity contribution in [1.82, 2.24) is 15.0 Å². The number of hydrogen-bond donors (Lipinski definition) is 2. The zero-order valence-corrected chi connectivity index (χ0v) is 8.46. The van der Waals surface area contributed by atoms with Crippen LogP contribution in [0.1, 0.15) is 10.5 Å². The molecule has 0 amide bonds. The summed E-state index contributed by atoms with van der Waals surface area (Å²) in [6.07, 6.45) is 3.32. The van der Waals surface area contributed by atoms with E-state index in [4.69, 9.17) is 5.11 Å². The molecule has 0 aliphatic rings. The van der Waals surface area contributed by atoms with Gasteiger partial charge in [-0.05, 0) is 12.1 Å². The summed E-state index contributed by atoms with van der Waals surface area (Å²) in [7, 11) is 0. The molecule has 0 unspecified atom stereocenters. The van der Waals surface area contributed by atoms with Crippen molar-refractivity contribution < 1.29 is 14.3 Å². The molecule has 0 aliphatic carbocycles. The van der Waals surface area contributed by atoms with E-state index in [1.54, 1.807) is 6.07 Å². The first-order chi connectivity index (χ1) is 8.16. The minimum atomic E-state index is -1.17. The average molecular weight is 234 g/mol. The van der Waals surface area contributed by atoms with Gasteiger partial charge in [-0.25, -0.2) is 24.1 Å². The topological polar surface area (TPSA) is 88.0 Å². The summed E-state index contributed by atoms with van der Waals surface area (Å²) in [6.45, 7) is 0. The fourth-order valence-electron chi connectivity index (χ4n) is 1.17. The Balaban J connectivity index is 2.30. The van der Waals surface area contributed by atoms with Gasteiger partial charge in [0.15, 0.2) is 11.5 Å². The molecular weight excluding hydrogens is 227 g/mol. The van der Waals surface area contributed by atoms with Crippen LogP contribution in [-0.4, -0.2) is 26.0 Å². The van der Waals surface area contributed by atoms with Crippen molar-refractivity contribution in [2.75, 3.05) is 5.32 Å². The van der Waals surface area contributed by atoms with Crippen LogP contribution in [0.25, 0.3) is 0 Å². The van der Waals surface area contributed by atoms with Gasteiger partial charge in [-0.2, -0.15) is 0 Å². The molecule has 0 saturated heterocycles. The first-order valence-electron chi connectivity index (χ1n) is 4.59. The highest BCUT2D eigenvalue weighted by atomic mass is 19.1. The van der Waals surface area contributed by atoms with Gasteiger partial charge in [0.2, 0.25) is 5.95 Å². The maximum atomic E-state index is 12.6. The lowest BCUT2D eigenvalue weighted by molar-refractivity contribution is 0.0691. The fourth-order valence-corrected chi connectivity index (χ4v) is 1.17. The van der Waals surface area contributed by atoms with Crippen LogP contribution in [0.5, 0.6) is 0 Å². The maximum absolute atomic E-state index is 12.6. The first-order valence-corrected chi connectivity index (χ1v) is 4.59. The lowest BCUT2D eigenvalue weighted by atomic mass is 10.3. The number of carbonyl (C=O) groups is 1. The summed E-state index contributed by atoms with van der Waals surface area (Å²) in [5.41, 5.74) is 0.0898. The molecule has 6 nitrogen and oxygen atoms in total. The highest BCUT2D eigenvalue weighted by molar-refractivity contribution is 5.92. The van der Waals surface area contributed by atoms with E-state index in [0.29, 0.717) is 0 Å². The Bertz CT molecular complexity index is 544. The molecule has 0 aromatic carbocycles. The minimum absolute atomic E-state index is 0.0990. The fraction of sp³-hybridized carbons (Fsp3) is 0. The number of halogens is 1. The van der Waals surface area contributed by atoms with Crippen molar-refractivity contribution in [3.63, 3.8) is 0 Å². The number of aromatic nitrogens is 3. The number of anilines is 2. The van der Waals surface area contributed by atoms with E-state index in [1.807, 2.05) is 0 Å². The molecule has 2 aromatic heterocycles. The number of nitrogens with zero attached hydrogens (tertiary/aromatic N) is 3. The predicted molar refractivity (Wildman–Crippen MR) is 56.5 cm³/mol. The lowest BCUT2D eigenvalue weighted by Gasteiger charge is -2.06. The molecule has 2 aromatic rings. The van der Waals surface area contributed by atoms with Crippen molar-refractivity contribution in [3.05, 3.63) is 42.2 Å². The smallest absolute Gasteiger partial charge is 0.356 e. The first kappa shape index (κ1) is 10.9. The molecule has 2 heterocycles. The van der Waals surface area contributed by atoms with E-state index in [1.165, 1.54) is 12.3 Å². The predicted octanol–water partition coefficient (Wildman–Crippen LogP) is 1.45. The third-order valence-corrected chi connectivity index (χ3v) is 1.88. The lowest BCUT2D eigenvalue weighted by Crippen LogP contribution is -2.06. The second-order valence-electron chi connectivity index (χ2n) is 3.05. The van der Waals surface area contributed by atoms with Crippen LogP contribution in [-0.2, 0) is 0 Å². The Labute approximate surface area is 95.2 Å². The molecule has 0 fully saturated rings. The molecule has 2 N–H and O–H groups in total. The number of rotatable bonds is 3. The van der Waals surface area contributed by atoms with Crippen LogP contribution in [0, 0.1) is 5.82 Å². The van der Waals surface area contributed by atoms with Crippen molar-refractivity contribution >= 4 is 17.6 Å². The van der Waals surface area contributed by atoms with Crippen molar-refractivity contribution in [3.8, 4) is 0 Å². The minimum Gasteiger partial charge on any atom is -0.476 e. The molecule has 0 atom stereocenters. The number of hydrogen-bond acceptors (Lipinski definition) is 5. The monoisotopic (exact) mass is 234 g/mol. The van der Waals surface area contributed by atoms with Crippen molar-refractivity contribution in [2.45, 2.75) is 0 Å². The van der Waals surface area contributed by atoms with E-state index in [0.717, 1.165) is 12.4 Å². The maximum Gasteiger partial charge on any atom is 0.356 e. The Kier molecular flexibility index (Phi) is 2.91. The zero-order valence-electron chi connectivity index (χ0n) is 8.46. The van der Waals surface area contributed by atoms with Crippen molar-refractivity contribution in [2.24, 2.45) is 0 Å². The van der Waals surface area contributed by atoms with Crippen LogP contribution >= 0.6 is 0 Å². The number of pyridine rings is 1. The van der Waals surface area contributed by atoms with Crippen molar-refractivity contribution in [1.29, 1.82) is 0 Å². The highest BCUT2D eigenvalue weighted by Gasteiger charge is 2.11. The van der Waals surface area contributed by atoms with Crippen LogP contribution in [0.15, 0.2) is 30.7 Å². The van der Waals surface area contributed by atoms with Gasteiger partial charge >= 0.3 is 5.97 Å². The zero-order chi connectivity index (χ0) is 12.3. The van der Waals surface area contributed by atoms with Crippen LogP contribution in [0.4, 0.5) is 16.0 Å². The van der Waals surface area contributed by atoms with Gasteiger partial charge < -0.3 is 10.4 Å². The summed E-state index contributed by atoms with van der Waals surface area (Å²) >= 11 is 0. The van der Waals surface area contributed by atoms with Crippen LogP contribution in [0.3, 0.4) is 0 Å². The summed E-state index contributed by atoms with van der Waals surface area (Å²) in [5.74, 6) is -1.64. The molecule has 2 rings (SSSR count). The Morgan fingerprint density at radius 3 is 2.65 bits per heavy atom. The quantitative estimate of drug-likeness (QED) is 0.835. The molecule has 0 radical (unpaired) electrons. The molecule has 17 heavy (non-hydrogen) atoms. The van der Waals surface area contributed by atoms with E-state index in [2.05, 4.69) is 20.3 Å². The van der Waals surface area contributed by atoms with Gasteiger partial charge in [0.25, 0.3) is 0 Å². The third-order valence-electron chi connectivity index (χ3n) is 1.88. The van der Waals surface area contributed by atoms with Gasteiger partial charge in [0, 0.05) is 6.20 Å². The number of nitrogens with one attached hydrogen (secondary N) is 1. The summed E-state index contributed by atoms with van der Waals surface area (Å²) in [6, 6.07) is 3.08. The molecular formula is C10H7FN4O2. The summed E-state index contributed by atoms with van der Waals surface area (Å²) in [5, 5.41) is 11.5. The molecule has 0 aliphatic heterocycles. The van der Waals surface area contributed by atoms with Crippen LogP contribution in [0.2, 0.25) is 0 Å². The van der Waals surface area contributed by atoms with E-state index < -0.39 is 11.8 Å². The van der Waals surface area contributed by atoms with Gasteiger partial charge in [0.05, 0.1) is 18.1 Å². The Hall–Kier alpha value is -2.57. The highest BCUT2D eigenvalue weighted by Crippen LogP contribution is 2.15. The molecule has 7 heteroatoms. The second kappa shape index (κ2) is 4.52. The molecule has 0 spiro atoms. The van der Waals surface area contributed by atoms with Crippen LogP contribution < -0.4 is 5.32 Å². The molecule has 0 saturated carbocycles. The Morgan fingerprint density at radius 2 is 2.00 bits per heavy atom. The standard InChI is InChI=1S/C10H7FN4O2/c11-6-4-13-10(14-5-6)15-7-2-1-3-12-8(7)9(16)17/h1-5H,(H,16,17)(H,13,14,15). The summed E-state index contributed by atoms with van der Waals surface area (Å²) < 4.78 is 12.6. The number of carboxylic acids is 1. The number of carboxylic acid groups (broad SMARTS) is 1. The largest absolute Gasteiger partial charge is 0.476 e. The second-order valence-corrected chi connectivity index (χ2v) is 3.05. The molecule has 86 valence electrons. The van der Waals surface area contributed by atoms with Gasteiger partial charge in [0.1, 0.15) is 0 Å². The summed E-state index contributed by atoms with van der Waals surface area (Å²) in [4.78, 5) is 21.9. The SMILES string of the molecule is O=C(O)c1ncccc1Nc1ncc(F)cn1. The van der Waals surface area contributed by atoms with E-state index in [-0.39, 0.29) is 17.3 Å². The average Bonchev–Trinajstić information content (AvgIpc) is 2.32. The van der Waals surface area contributed by atoms with E-state index >= 15 is 0 Å². The Morgan fingerprint density at radius 1 is 1.29 bits per heavy atom.